The number of rotatable bonds is 7. The van der Waals surface area contributed by atoms with Gasteiger partial charge in [0.15, 0.2) is 16.3 Å². The smallest absolute Gasteiger partial charge is 0.338 e. The zero-order valence-corrected chi connectivity index (χ0v) is 22.7. The highest BCUT2D eigenvalue weighted by atomic mass is 32.1. The molecule has 0 radical (unpaired) electrons. The number of fused-ring (bicyclic) bond motifs is 2. The number of carbonyl (C=O) groups is 1. The molecule has 2 aromatic carbocycles. The lowest BCUT2D eigenvalue weighted by Crippen LogP contribution is -2.40. The Morgan fingerprint density at radius 2 is 2.00 bits per heavy atom. The first-order valence-electron chi connectivity index (χ1n) is 12.4. The second-order valence-corrected chi connectivity index (χ2v) is 10.2. The topological polar surface area (TPSA) is 94.9 Å². The molecule has 0 saturated heterocycles. The molecule has 1 unspecified atom stereocenters. The summed E-state index contributed by atoms with van der Waals surface area (Å²) < 4.78 is 19.0. The summed E-state index contributed by atoms with van der Waals surface area (Å²) in [6.45, 7) is 7.59. The number of aromatic amines is 1. The predicted molar refractivity (Wildman–Crippen MR) is 147 cm³/mol. The third-order valence-electron chi connectivity index (χ3n) is 6.29. The number of para-hydroxylation sites is 1. The van der Waals surface area contributed by atoms with E-state index < -0.39 is 12.0 Å². The average molecular weight is 532 g/mol. The van der Waals surface area contributed by atoms with Gasteiger partial charge < -0.3 is 19.2 Å². The summed E-state index contributed by atoms with van der Waals surface area (Å²) in [6.07, 6.45) is 3.70. The van der Waals surface area contributed by atoms with Gasteiger partial charge >= 0.3 is 5.97 Å². The van der Waals surface area contributed by atoms with Crippen LogP contribution in [0.25, 0.3) is 17.0 Å². The molecule has 38 heavy (non-hydrogen) atoms. The summed E-state index contributed by atoms with van der Waals surface area (Å²) in [5.74, 6) is 0.581. The number of hydrogen-bond acceptors (Lipinski definition) is 7. The van der Waals surface area contributed by atoms with Crippen LogP contribution in [-0.4, -0.2) is 35.3 Å². The summed E-state index contributed by atoms with van der Waals surface area (Å²) in [6, 6.07) is 12.6. The van der Waals surface area contributed by atoms with Crippen molar-refractivity contribution in [3.05, 3.63) is 90.7 Å². The lowest BCUT2D eigenvalue weighted by molar-refractivity contribution is -0.139. The van der Waals surface area contributed by atoms with Crippen molar-refractivity contribution in [2.45, 2.75) is 39.8 Å². The van der Waals surface area contributed by atoms with E-state index in [9.17, 15) is 9.59 Å². The number of methoxy groups -OCH3 is 1. The molecule has 9 heteroatoms. The van der Waals surface area contributed by atoms with E-state index in [1.807, 2.05) is 56.5 Å². The molecule has 0 fully saturated rings. The first-order valence-corrected chi connectivity index (χ1v) is 13.2. The van der Waals surface area contributed by atoms with Gasteiger partial charge in [-0.25, -0.2) is 9.79 Å². The number of H-pyrrole nitrogens is 1. The molecule has 4 aromatic rings. The molecule has 0 amide bonds. The van der Waals surface area contributed by atoms with Crippen LogP contribution in [0.3, 0.4) is 0 Å². The van der Waals surface area contributed by atoms with E-state index in [0.717, 1.165) is 16.5 Å². The van der Waals surface area contributed by atoms with E-state index in [4.69, 9.17) is 14.2 Å². The van der Waals surface area contributed by atoms with Crippen molar-refractivity contribution < 1.29 is 19.0 Å². The molecule has 196 valence electrons. The molecule has 2 aromatic heterocycles. The molecule has 1 aliphatic heterocycles. The molecule has 0 bridgehead atoms. The van der Waals surface area contributed by atoms with Crippen LogP contribution in [0.2, 0.25) is 0 Å². The SMILES string of the molecule is CCOC(=O)C1=C(C)N=c2sc(=Cc3c[nH]c4ccccc34)c(=O)n2C1c1ccc(OC(C)C)c(OC)c1. The molecule has 0 saturated carbocycles. The van der Waals surface area contributed by atoms with E-state index in [2.05, 4.69) is 9.98 Å². The Balaban J connectivity index is 1.72. The Morgan fingerprint density at radius 1 is 1.21 bits per heavy atom. The van der Waals surface area contributed by atoms with E-state index in [1.54, 1.807) is 37.7 Å². The Morgan fingerprint density at radius 3 is 2.74 bits per heavy atom. The second kappa shape index (κ2) is 10.3. The van der Waals surface area contributed by atoms with Crippen molar-refractivity contribution in [2.75, 3.05) is 13.7 Å². The van der Waals surface area contributed by atoms with Gasteiger partial charge in [0, 0.05) is 22.7 Å². The first-order chi connectivity index (χ1) is 18.3. The molecule has 1 N–H and O–H groups in total. The van der Waals surface area contributed by atoms with Gasteiger partial charge in [0.25, 0.3) is 5.56 Å². The fourth-order valence-corrected chi connectivity index (χ4v) is 5.70. The van der Waals surface area contributed by atoms with Gasteiger partial charge in [-0.2, -0.15) is 0 Å². The maximum Gasteiger partial charge on any atom is 0.338 e. The largest absolute Gasteiger partial charge is 0.493 e. The lowest BCUT2D eigenvalue weighted by atomic mass is 9.95. The van der Waals surface area contributed by atoms with Crippen LogP contribution in [0, 0.1) is 0 Å². The van der Waals surface area contributed by atoms with Crippen LogP contribution in [0.1, 0.15) is 44.9 Å². The molecular weight excluding hydrogens is 502 g/mol. The van der Waals surface area contributed by atoms with Crippen LogP contribution in [0.5, 0.6) is 11.5 Å². The van der Waals surface area contributed by atoms with Gasteiger partial charge in [-0.1, -0.05) is 35.6 Å². The molecule has 0 aliphatic carbocycles. The van der Waals surface area contributed by atoms with Gasteiger partial charge in [-0.15, -0.1) is 0 Å². The summed E-state index contributed by atoms with van der Waals surface area (Å²) in [5, 5.41) is 1.02. The van der Waals surface area contributed by atoms with Crippen molar-refractivity contribution in [2.24, 2.45) is 4.99 Å². The van der Waals surface area contributed by atoms with Crippen LogP contribution >= 0.6 is 11.3 Å². The number of ether oxygens (including phenoxy) is 3. The van der Waals surface area contributed by atoms with Crippen LogP contribution in [0.4, 0.5) is 0 Å². The zero-order chi connectivity index (χ0) is 27.0. The van der Waals surface area contributed by atoms with Crippen molar-refractivity contribution in [1.82, 2.24) is 9.55 Å². The fourth-order valence-electron chi connectivity index (χ4n) is 4.67. The highest BCUT2D eigenvalue weighted by Gasteiger charge is 2.34. The summed E-state index contributed by atoms with van der Waals surface area (Å²) in [5.41, 5.74) is 3.17. The normalized spacial score (nSPS) is 15.5. The molecule has 5 rings (SSSR count). The molecular formula is C29H29N3O5S. The maximum atomic E-state index is 13.9. The molecule has 1 atom stereocenters. The minimum absolute atomic E-state index is 0.0471. The molecule has 1 aliphatic rings. The predicted octanol–water partition coefficient (Wildman–Crippen LogP) is 4.08. The number of allylic oxidation sites excluding steroid dienone is 1. The zero-order valence-electron chi connectivity index (χ0n) is 21.9. The fraction of sp³-hybridized carbons (Fsp3) is 0.276. The number of nitrogens with zero attached hydrogens (tertiary/aromatic N) is 2. The minimum Gasteiger partial charge on any atom is -0.493 e. The monoisotopic (exact) mass is 531 g/mol. The van der Waals surface area contributed by atoms with Crippen LogP contribution in [0.15, 0.2) is 69.7 Å². The number of esters is 1. The Kier molecular flexibility index (Phi) is 6.94. The average Bonchev–Trinajstić information content (AvgIpc) is 3.44. The van der Waals surface area contributed by atoms with Crippen LogP contribution in [-0.2, 0) is 9.53 Å². The van der Waals surface area contributed by atoms with Gasteiger partial charge in [0.2, 0.25) is 0 Å². The number of aromatic nitrogens is 2. The van der Waals surface area contributed by atoms with E-state index >= 15 is 0 Å². The van der Waals surface area contributed by atoms with E-state index in [-0.39, 0.29) is 18.3 Å². The molecule has 3 heterocycles. The Labute approximate surface area is 223 Å². The summed E-state index contributed by atoms with van der Waals surface area (Å²) >= 11 is 1.29. The molecule has 8 nitrogen and oxygen atoms in total. The van der Waals surface area contributed by atoms with Crippen molar-refractivity contribution >= 4 is 34.3 Å². The number of carbonyl (C=O) groups excluding carboxylic acids is 1. The minimum atomic E-state index is -0.739. The van der Waals surface area contributed by atoms with Gasteiger partial charge in [0.1, 0.15) is 0 Å². The number of nitrogens with one attached hydrogen (secondary N) is 1. The standard InChI is InChI=1S/C29H29N3O5S/c1-6-36-28(34)25-17(4)31-29-32(26(25)18-11-12-22(37-16(2)3)23(13-18)35-5)27(33)24(38-29)14-19-15-30-21-10-8-7-9-20(19)21/h7-16,26,30H,6H2,1-5H3. The van der Waals surface area contributed by atoms with Gasteiger partial charge in [-0.05, 0) is 57.5 Å². The number of thiazole rings is 1. The lowest BCUT2D eigenvalue weighted by Gasteiger charge is -2.25. The van der Waals surface area contributed by atoms with E-state index in [1.165, 1.54) is 11.3 Å². The number of benzene rings is 2. The van der Waals surface area contributed by atoms with Gasteiger partial charge in [-0.3, -0.25) is 9.36 Å². The quantitative estimate of drug-likeness (QED) is 0.363. The highest BCUT2D eigenvalue weighted by Crippen LogP contribution is 2.36. The van der Waals surface area contributed by atoms with Crippen LogP contribution < -0.4 is 24.4 Å². The summed E-state index contributed by atoms with van der Waals surface area (Å²) in [4.78, 5) is 35.5. The third kappa shape index (κ3) is 4.54. The molecule has 0 spiro atoms. The number of hydrogen-bond donors (Lipinski definition) is 1. The Hall–Kier alpha value is -4.11. The second-order valence-electron chi connectivity index (χ2n) is 9.17. The summed E-state index contributed by atoms with van der Waals surface area (Å²) in [7, 11) is 1.56. The van der Waals surface area contributed by atoms with Crippen molar-refractivity contribution in [3.63, 3.8) is 0 Å². The third-order valence-corrected chi connectivity index (χ3v) is 7.27. The van der Waals surface area contributed by atoms with Crippen molar-refractivity contribution in [1.29, 1.82) is 0 Å². The highest BCUT2D eigenvalue weighted by molar-refractivity contribution is 7.07. The first kappa shape index (κ1) is 25.5. The van der Waals surface area contributed by atoms with Gasteiger partial charge in [0.05, 0.1) is 41.7 Å². The van der Waals surface area contributed by atoms with Crippen molar-refractivity contribution in [3.8, 4) is 11.5 Å². The maximum absolute atomic E-state index is 13.9. The van der Waals surface area contributed by atoms with E-state index in [0.29, 0.717) is 37.7 Å². The Bertz CT molecular complexity index is 1740.